The highest BCUT2D eigenvalue weighted by Gasteiger charge is 2.05. The molecule has 3 rings (SSSR count). The summed E-state index contributed by atoms with van der Waals surface area (Å²) >= 11 is 0. The van der Waals surface area contributed by atoms with Gasteiger partial charge in [-0.05, 0) is 48.9 Å². The molecule has 0 fully saturated rings. The smallest absolute Gasteiger partial charge is 0.138 e. The van der Waals surface area contributed by atoms with Crippen molar-refractivity contribution in [2.45, 2.75) is 6.92 Å². The molecule has 1 heterocycles. The van der Waals surface area contributed by atoms with Crippen molar-refractivity contribution in [3.8, 4) is 11.4 Å². The van der Waals surface area contributed by atoms with Crippen LogP contribution in [-0.2, 0) is 0 Å². The van der Waals surface area contributed by atoms with Gasteiger partial charge in [-0.1, -0.05) is 6.07 Å². The zero-order valence-corrected chi connectivity index (χ0v) is 12.7. The molecule has 0 aliphatic carbocycles. The van der Waals surface area contributed by atoms with Gasteiger partial charge in [-0.2, -0.15) is 0 Å². The van der Waals surface area contributed by atoms with Gasteiger partial charge in [-0.15, -0.1) is 12.4 Å². The van der Waals surface area contributed by atoms with Crippen molar-refractivity contribution in [1.82, 2.24) is 9.97 Å². The number of nitrogens with one attached hydrogen (secondary N) is 1. The lowest BCUT2D eigenvalue weighted by Crippen LogP contribution is -2.07. The zero-order chi connectivity index (χ0) is 13.4. The number of fused-ring (bicyclic) bond motifs is 1. The SMILES string of the molecule is Cc1ccc2nc(-c3ccc(N(C)C)cc3)[nH]c2c1.Cl. The fraction of sp³-hybridized carbons (Fsp3) is 0.188. The van der Waals surface area contributed by atoms with Crippen molar-refractivity contribution >= 4 is 29.1 Å². The molecule has 1 N–H and O–H groups in total. The van der Waals surface area contributed by atoms with Gasteiger partial charge in [0.2, 0.25) is 0 Å². The maximum atomic E-state index is 4.63. The average molecular weight is 288 g/mol. The molecule has 0 bridgehead atoms. The van der Waals surface area contributed by atoms with Crippen LogP contribution in [-0.4, -0.2) is 24.1 Å². The van der Waals surface area contributed by atoms with E-state index in [4.69, 9.17) is 0 Å². The van der Waals surface area contributed by atoms with Crippen LogP contribution in [0.3, 0.4) is 0 Å². The first kappa shape index (κ1) is 14.4. The Kier molecular flexibility index (Phi) is 4.00. The topological polar surface area (TPSA) is 31.9 Å². The number of imidazole rings is 1. The predicted octanol–water partition coefficient (Wildman–Crippen LogP) is 4.03. The molecule has 3 nitrogen and oxygen atoms in total. The molecule has 20 heavy (non-hydrogen) atoms. The Morgan fingerprint density at radius 1 is 1.00 bits per heavy atom. The summed E-state index contributed by atoms with van der Waals surface area (Å²) in [5.41, 5.74) is 5.64. The number of rotatable bonds is 2. The van der Waals surface area contributed by atoms with Crippen LogP contribution in [0.5, 0.6) is 0 Å². The van der Waals surface area contributed by atoms with Crippen molar-refractivity contribution in [2.75, 3.05) is 19.0 Å². The lowest BCUT2D eigenvalue weighted by molar-refractivity contribution is 1.13. The van der Waals surface area contributed by atoms with Gasteiger partial charge in [0.1, 0.15) is 5.82 Å². The van der Waals surface area contributed by atoms with E-state index in [1.807, 2.05) is 14.1 Å². The summed E-state index contributed by atoms with van der Waals surface area (Å²) in [6, 6.07) is 14.7. The summed E-state index contributed by atoms with van der Waals surface area (Å²) in [6.07, 6.45) is 0. The molecule has 0 radical (unpaired) electrons. The third-order valence-electron chi connectivity index (χ3n) is 3.29. The Labute approximate surface area is 125 Å². The fourth-order valence-corrected chi connectivity index (χ4v) is 2.18. The first-order valence-corrected chi connectivity index (χ1v) is 6.37. The summed E-state index contributed by atoms with van der Waals surface area (Å²) in [5.74, 6) is 0.922. The number of aryl methyl sites for hydroxylation is 1. The fourth-order valence-electron chi connectivity index (χ4n) is 2.18. The lowest BCUT2D eigenvalue weighted by atomic mass is 10.2. The van der Waals surface area contributed by atoms with Crippen LogP contribution < -0.4 is 4.90 Å². The second-order valence-corrected chi connectivity index (χ2v) is 5.05. The van der Waals surface area contributed by atoms with E-state index in [2.05, 4.69) is 64.3 Å². The molecule has 0 atom stereocenters. The van der Waals surface area contributed by atoms with Crippen LogP contribution in [0.2, 0.25) is 0 Å². The molecule has 0 amide bonds. The number of halogens is 1. The summed E-state index contributed by atoms with van der Waals surface area (Å²) < 4.78 is 0. The van der Waals surface area contributed by atoms with Crippen molar-refractivity contribution in [3.63, 3.8) is 0 Å². The maximum absolute atomic E-state index is 4.63. The number of aromatic amines is 1. The number of hydrogen-bond acceptors (Lipinski definition) is 2. The summed E-state index contributed by atoms with van der Waals surface area (Å²) in [7, 11) is 4.08. The van der Waals surface area contributed by atoms with E-state index in [0.717, 1.165) is 22.4 Å². The zero-order valence-electron chi connectivity index (χ0n) is 11.8. The van der Waals surface area contributed by atoms with Crippen molar-refractivity contribution in [1.29, 1.82) is 0 Å². The van der Waals surface area contributed by atoms with Gasteiger partial charge in [-0.25, -0.2) is 4.98 Å². The first-order valence-electron chi connectivity index (χ1n) is 6.37. The second kappa shape index (κ2) is 5.55. The van der Waals surface area contributed by atoms with E-state index in [-0.39, 0.29) is 12.4 Å². The van der Waals surface area contributed by atoms with Crippen molar-refractivity contribution in [3.05, 3.63) is 48.0 Å². The van der Waals surface area contributed by atoms with Crippen LogP contribution in [0.4, 0.5) is 5.69 Å². The van der Waals surface area contributed by atoms with E-state index in [9.17, 15) is 0 Å². The molecule has 0 saturated heterocycles. The van der Waals surface area contributed by atoms with Gasteiger partial charge in [-0.3, -0.25) is 0 Å². The van der Waals surface area contributed by atoms with Crippen LogP contribution >= 0.6 is 12.4 Å². The molecule has 104 valence electrons. The second-order valence-electron chi connectivity index (χ2n) is 5.05. The third kappa shape index (κ3) is 2.63. The highest BCUT2D eigenvalue weighted by molar-refractivity contribution is 5.85. The van der Waals surface area contributed by atoms with Gasteiger partial charge < -0.3 is 9.88 Å². The van der Waals surface area contributed by atoms with E-state index >= 15 is 0 Å². The van der Waals surface area contributed by atoms with Gasteiger partial charge in [0.15, 0.2) is 0 Å². The predicted molar refractivity (Wildman–Crippen MR) is 87.8 cm³/mol. The molecule has 0 unspecified atom stereocenters. The quantitative estimate of drug-likeness (QED) is 0.772. The Morgan fingerprint density at radius 2 is 1.70 bits per heavy atom. The highest BCUT2D eigenvalue weighted by atomic mass is 35.5. The minimum absolute atomic E-state index is 0. The Bertz CT molecular complexity index is 714. The molecule has 0 aliphatic heterocycles. The van der Waals surface area contributed by atoms with E-state index in [1.54, 1.807) is 0 Å². The summed E-state index contributed by atoms with van der Waals surface area (Å²) in [6.45, 7) is 2.09. The molecular weight excluding hydrogens is 270 g/mol. The third-order valence-corrected chi connectivity index (χ3v) is 3.29. The molecule has 2 aromatic carbocycles. The van der Waals surface area contributed by atoms with E-state index in [0.29, 0.717) is 0 Å². The Morgan fingerprint density at radius 3 is 2.35 bits per heavy atom. The Hall–Kier alpha value is -2.00. The van der Waals surface area contributed by atoms with Gasteiger partial charge >= 0.3 is 0 Å². The highest BCUT2D eigenvalue weighted by Crippen LogP contribution is 2.23. The minimum Gasteiger partial charge on any atom is -0.378 e. The number of benzene rings is 2. The lowest BCUT2D eigenvalue weighted by Gasteiger charge is -2.11. The summed E-state index contributed by atoms with van der Waals surface area (Å²) in [4.78, 5) is 10.1. The molecule has 0 saturated carbocycles. The number of aromatic nitrogens is 2. The first-order chi connectivity index (χ1) is 9.13. The molecular formula is C16H18ClN3. The standard InChI is InChI=1S/C16H17N3.ClH/c1-11-4-9-14-15(10-11)18-16(17-14)12-5-7-13(8-6-12)19(2)3;/h4-10H,1-3H3,(H,17,18);1H. The average Bonchev–Trinajstić information content (AvgIpc) is 2.81. The van der Waals surface area contributed by atoms with Gasteiger partial charge in [0, 0.05) is 25.3 Å². The largest absolute Gasteiger partial charge is 0.378 e. The van der Waals surface area contributed by atoms with Crippen LogP contribution in [0.25, 0.3) is 22.4 Å². The van der Waals surface area contributed by atoms with E-state index < -0.39 is 0 Å². The van der Waals surface area contributed by atoms with Crippen LogP contribution in [0, 0.1) is 6.92 Å². The van der Waals surface area contributed by atoms with Crippen LogP contribution in [0.1, 0.15) is 5.56 Å². The monoisotopic (exact) mass is 287 g/mol. The molecule has 3 aromatic rings. The van der Waals surface area contributed by atoms with Crippen molar-refractivity contribution < 1.29 is 0 Å². The van der Waals surface area contributed by atoms with E-state index in [1.165, 1.54) is 11.3 Å². The van der Waals surface area contributed by atoms with Crippen LogP contribution in [0.15, 0.2) is 42.5 Å². The maximum Gasteiger partial charge on any atom is 0.138 e. The number of H-pyrrole nitrogens is 1. The number of nitrogens with zero attached hydrogens (tertiary/aromatic N) is 2. The Balaban J connectivity index is 0.00000147. The molecule has 0 spiro atoms. The number of anilines is 1. The molecule has 1 aromatic heterocycles. The van der Waals surface area contributed by atoms with Crippen molar-refractivity contribution in [2.24, 2.45) is 0 Å². The summed E-state index contributed by atoms with van der Waals surface area (Å²) in [5, 5.41) is 0. The van der Waals surface area contributed by atoms with Gasteiger partial charge in [0.25, 0.3) is 0 Å². The molecule has 0 aliphatic rings. The normalized spacial score (nSPS) is 10.3. The minimum atomic E-state index is 0. The number of hydrogen-bond donors (Lipinski definition) is 1. The molecule has 4 heteroatoms. The van der Waals surface area contributed by atoms with Gasteiger partial charge in [0.05, 0.1) is 11.0 Å².